The van der Waals surface area contributed by atoms with Crippen molar-refractivity contribution < 1.29 is 32.3 Å². The van der Waals surface area contributed by atoms with Gasteiger partial charge in [0.1, 0.15) is 17.4 Å². The van der Waals surface area contributed by atoms with Crippen LogP contribution in [0.2, 0.25) is 0 Å². The van der Waals surface area contributed by atoms with Crippen molar-refractivity contribution in [2.75, 3.05) is 6.61 Å². The molecule has 1 spiro atoms. The van der Waals surface area contributed by atoms with Crippen molar-refractivity contribution in [1.29, 1.82) is 0 Å². The van der Waals surface area contributed by atoms with Gasteiger partial charge in [-0.25, -0.2) is 18.0 Å². The monoisotopic (exact) mass is 491 g/mol. The van der Waals surface area contributed by atoms with Crippen LogP contribution in [0.3, 0.4) is 0 Å². The number of carbonyl (C=O) groups excluding carboxylic acids is 4. The van der Waals surface area contributed by atoms with Crippen LogP contribution in [0.5, 0.6) is 0 Å². The molecule has 4 rings (SSSR count). The highest BCUT2D eigenvalue weighted by Gasteiger charge is 2.52. The zero-order chi connectivity index (χ0) is 24.7. The maximum absolute atomic E-state index is 12.8. The highest BCUT2D eigenvalue weighted by molar-refractivity contribution is 7.90. The summed E-state index contributed by atoms with van der Waals surface area (Å²) in [6.07, 6.45) is 2.55. The molecule has 1 atom stereocenters. The third-order valence-electron chi connectivity index (χ3n) is 6.20. The summed E-state index contributed by atoms with van der Waals surface area (Å²) in [4.78, 5) is 53.7. The van der Waals surface area contributed by atoms with Crippen LogP contribution in [-0.4, -0.2) is 61.3 Å². The summed E-state index contributed by atoms with van der Waals surface area (Å²) < 4.78 is 31.5. The van der Waals surface area contributed by atoms with E-state index in [2.05, 4.69) is 27.4 Å². The van der Waals surface area contributed by atoms with Gasteiger partial charge in [0.05, 0.1) is 4.90 Å². The first kappa shape index (κ1) is 23.7. The van der Waals surface area contributed by atoms with Crippen LogP contribution in [0.15, 0.2) is 34.2 Å². The fraction of sp³-hybridized carbons (Fsp3) is 0.476. The topological polar surface area (TPSA) is 163 Å². The van der Waals surface area contributed by atoms with Crippen molar-refractivity contribution in [3.8, 4) is 0 Å². The lowest BCUT2D eigenvalue weighted by molar-refractivity contribution is -0.151. The summed E-state index contributed by atoms with van der Waals surface area (Å²) in [6.45, 7) is 2.71. The largest absolute Gasteiger partial charge is 0.454 e. The SMILES string of the molecule is CC1CCC2(CC1)NC(=O)N(NC(=O)COC(=O)[C@H](C)N=C1NS(=O)(=O)c3ccccc31)C2=O. The molecule has 34 heavy (non-hydrogen) atoms. The molecule has 2 aliphatic heterocycles. The number of hydrogen-bond acceptors (Lipinski definition) is 8. The minimum atomic E-state index is -3.76. The molecule has 0 bridgehead atoms. The Hall–Kier alpha value is -3.48. The maximum Gasteiger partial charge on any atom is 0.344 e. The second-order valence-corrected chi connectivity index (χ2v) is 10.4. The number of rotatable bonds is 5. The fourth-order valence-electron chi connectivity index (χ4n) is 4.21. The molecule has 1 saturated heterocycles. The molecule has 0 radical (unpaired) electrons. The van der Waals surface area contributed by atoms with Crippen molar-refractivity contribution in [3.63, 3.8) is 0 Å². The van der Waals surface area contributed by atoms with Gasteiger partial charge < -0.3 is 10.1 Å². The third-order valence-corrected chi connectivity index (χ3v) is 7.60. The van der Waals surface area contributed by atoms with Crippen LogP contribution in [0.4, 0.5) is 4.79 Å². The van der Waals surface area contributed by atoms with E-state index >= 15 is 0 Å². The third kappa shape index (κ3) is 4.34. The van der Waals surface area contributed by atoms with E-state index in [9.17, 15) is 27.6 Å². The van der Waals surface area contributed by atoms with Crippen LogP contribution in [0, 0.1) is 5.92 Å². The quantitative estimate of drug-likeness (QED) is 0.391. The second kappa shape index (κ2) is 8.70. The number of hydrazine groups is 1. The average Bonchev–Trinajstić information content (AvgIpc) is 3.19. The van der Waals surface area contributed by atoms with E-state index in [0.29, 0.717) is 29.3 Å². The molecule has 3 N–H and O–H groups in total. The number of carbonyl (C=O) groups is 4. The van der Waals surface area contributed by atoms with Crippen molar-refractivity contribution in [1.82, 2.24) is 20.5 Å². The molecule has 13 heteroatoms. The van der Waals surface area contributed by atoms with Gasteiger partial charge in [-0.15, -0.1) is 0 Å². The minimum absolute atomic E-state index is 0.00376. The number of nitrogens with one attached hydrogen (secondary N) is 3. The number of hydrogen-bond donors (Lipinski definition) is 3. The number of aliphatic imine (C=N–C) groups is 1. The molecule has 2 heterocycles. The zero-order valence-electron chi connectivity index (χ0n) is 18.7. The summed E-state index contributed by atoms with van der Waals surface area (Å²) in [5.74, 6) is -1.84. The molecule has 4 amide bonds. The van der Waals surface area contributed by atoms with Gasteiger partial charge in [0.25, 0.3) is 21.8 Å². The molecule has 12 nitrogen and oxygen atoms in total. The average molecular weight is 492 g/mol. The van der Waals surface area contributed by atoms with Crippen LogP contribution >= 0.6 is 0 Å². The predicted octanol–water partition coefficient (Wildman–Crippen LogP) is 0.189. The lowest BCUT2D eigenvalue weighted by Crippen LogP contribution is -2.52. The Morgan fingerprint density at radius 3 is 2.65 bits per heavy atom. The number of ether oxygens (including phenoxy) is 1. The molecular formula is C21H25N5O7S. The first-order valence-electron chi connectivity index (χ1n) is 10.9. The number of imide groups is 1. The highest BCUT2D eigenvalue weighted by atomic mass is 32.2. The predicted molar refractivity (Wildman–Crippen MR) is 118 cm³/mol. The van der Waals surface area contributed by atoms with E-state index in [1.54, 1.807) is 18.2 Å². The van der Waals surface area contributed by atoms with E-state index < -0.39 is 52.0 Å². The maximum atomic E-state index is 12.8. The molecule has 2 fully saturated rings. The van der Waals surface area contributed by atoms with Gasteiger partial charge >= 0.3 is 12.0 Å². The first-order valence-corrected chi connectivity index (χ1v) is 12.3. The van der Waals surface area contributed by atoms with E-state index in [-0.39, 0.29) is 10.7 Å². The number of amidine groups is 1. The lowest BCUT2D eigenvalue weighted by atomic mass is 9.77. The van der Waals surface area contributed by atoms with Crippen molar-refractivity contribution >= 4 is 39.7 Å². The molecular weight excluding hydrogens is 466 g/mol. The Morgan fingerprint density at radius 1 is 1.26 bits per heavy atom. The summed E-state index contributed by atoms with van der Waals surface area (Å²) in [5.41, 5.74) is 1.49. The number of esters is 1. The van der Waals surface area contributed by atoms with Gasteiger partial charge in [-0.2, -0.15) is 5.01 Å². The number of nitrogens with zero attached hydrogens (tertiary/aromatic N) is 2. The van der Waals surface area contributed by atoms with Crippen molar-refractivity contribution in [2.45, 2.75) is 56.0 Å². The summed E-state index contributed by atoms with van der Waals surface area (Å²) in [7, 11) is -3.76. The van der Waals surface area contributed by atoms with Crippen molar-refractivity contribution in [3.05, 3.63) is 29.8 Å². The number of fused-ring (bicyclic) bond motifs is 1. The Labute approximate surface area is 196 Å². The van der Waals surface area contributed by atoms with E-state index in [1.165, 1.54) is 13.0 Å². The smallest absolute Gasteiger partial charge is 0.344 e. The summed E-state index contributed by atoms with van der Waals surface area (Å²) in [6, 6.07) is 4.32. The van der Waals surface area contributed by atoms with Gasteiger partial charge in [0.2, 0.25) is 0 Å². The van der Waals surface area contributed by atoms with E-state index in [1.807, 2.05) is 0 Å². The summed E-state index contributed by atoms with van der Waals surface area (Å²) >= 11 is 0. The second-order valence-electron chi connectivity index (χ2n) is 8.73. The molecule has 1 aromatic rings. The van der Waals surface area contributed by atoms with Crippen molar-refractivity contribution in [2.24, 2.45) is 10.9 Å². The van der Waals surface area contributed by atoms with Gasteiger partial charge in [-0.05, 0) is 50.7 Å². The highest BCUT2D eigenvalue weighted by Crippen LogP contribution is 2.35. The van der Waals surface area contributed by atoms with E-state index in [4.69, 9.17) is 4.74 Å². The lowest BCUT2D eigenvalue weighted by Gasteiger charge is -2.33. The molecule has 182 valence electrons. The molecule has 3 aliphatic rings. The summed E-state index contributed by atoms with van der Waals surface area (Å²) in [5, 5.41) is 3.30. The molecule has 1 aliphatic carbocycles. The minimum Gasteiger partial charge on any atom is -0.454 e. The van der Waals surface area contributed by atoms with Gasteiger partial charge in [-0.3, -0.25) is 24.7 Å². The van der Waals surface area contributed by atoms with E-state index in [0.717, 1.165) is 12.8 Å². The number of urea groups is 1. The Morgan fingerprint density at radius 2 is 1.94 bits per heavy atom. The Kier molecular flexibility index (Phi) is 6.06. The number of benzene rings is 1. The number of amides is 4. The molecule has 1 aromatic carbocycles. The Balaban J connectivity index is 1.33. The standard InChI is InChI=1S/C21H25N5O7S/c1-12-7-9-21(10-8-12)19(29)26(20(30)23-21)24-16(27)11-33-18(28)13(2)22-17-14-5-3-4-6-15(14)34(31,32)25-17/h3-6,12-13H,7-11H2,1-2H3,(H,22,25)(H,23,30)(H,24,27)/t12?,13-,21?/m0/s1. The molecule has 0 unspecified atom stereocenters. The normalized spacial score (nSPS) is 27.2. The van der Waals surface area contributed by atoms with Gasteiger partial charge in [-0.1, -0.05) is 19.1 Å². The zero-order valence-corrected chi connectivity index (χ0v) is 19.5. The van der Waals surface area contributed by atoms with Crippen LogP contribution in [0.25, 0.3) is 0 Å². The van der Waals surface area contributed by atoms with Crippen LogP contribution in [-0.2, 0) is 29.1 Å². The molecule has 0 aromatic heterocycles. The number of sulfonamides is 1. The Bertz CT molecular complexity index is 1190. The fourth-order valence-corrected chi connectivity index (χ4v) is 5.45. The molecule has 1 saturated carbocycles. The van der Waals surface area contributed by atoms with Gasteiger partial charge in [0, 0.05) is 5.56 Å². The van der Waals surface area contributed by atoms with Gasteiger partial charge in [0.15, 0.2) is 6.61 Å². The van der Waals surface area contributed by atoms with Crippen LogP contribution < -0.4 is 15.5 Å². The first-order chi connectivity index (χ1) is 16.0. The van der Waals surface area contributed by atoms with Crippen LogP contribution in [0.1, 0.15) is 45.1 Å².